The predicted octanol–water partition coefficient (Wildman–Crippen LogP) is 5.05. The van der Waals surface area contributed by atoms with Crippen molar-refractivity contribution in [2.24, 2.45) is 0 Å². The number of rotatable bonds is 4. The van der Waals surface area contributed by atoms with Crippen LogP contribution in [0, 0.1) is 37.5 Å². The number of aryl methyl sites for hydroxylation is 2. The number of nitrogens with zero attached hydrogens (tertiary/aromatic N) is 4. The summed E-state index contributed by atoms with van der Waals surface area (Å²) in [4.78, 5) is 11.7. The molecule has 0 atom stereocenters. The Morgan fingerprint density at radius 2 is 1.93 bits per heavy atom. The molecule has 30 heavy (non-hydrogen) atoms. The van der Waals surface area contributed by atoms with E-state index in [1.807, 2.05) is 25.1 Å². The van der Waals surface area contributed by atoms with Gasteiger partial charge in [0.1, 0.15) is 5.82 Å². The van der Waals surface area contributed by atoms with Crippen molar-refractivity contribution in [1.82, 2.24) is 9.97 Å². The van der Waals surface area contributed by atoms with E-state index in [0.717, 1.165) is 41.4 Å². The Morgan fingerprint density at radius 1 is 1.13 bits per heavy atom. The number of anilines is 4. The Kier molecular flexibility index (Phi) is 5.20. The maximum Gasteiger partial charge on any atom is 0.229 e. The summed E-state index contributed by atoms with van der Waals surface area (Å²) in [5.41, 5.74) is 7.00. The first-order valence-corrected chi connectivity index (χ1v) is 9.74. The highest BCUT2D eigenvalue weighted by Gasteiger charge is 2.26. The topological polar surface area (TPSA) is 64.8 Å². The maximum atomic E-state index is 8.97. The first-order valence-electron chi connectivity index (χ1n) is 9.74. The van der Waals surface area contributed by atoms with Crippen LogP contribution in [0.25, 0.3) is 6.08 Å². The maximum absolute atomic E-state index is 8.97. The molecule has 1 aliphatic heterocycles. The molecule has 0 amide bonds. The average Bonchev–Trinajstić information content (AvgIpc) is 3.17. The quantitative estimate of drug-likeness (QED) is 0.631. The van der Waals surface area contributed by atoms with Gasteiger partial charge in [-0.25, -0.2) is 4.98 Å². The lowest BCUT2D eigenvalue weighted by Crippen LogP contribution is -2.16. The molecule has 0 aliphatic carbocycles. The highest BCUT2D eigenvalue weighted by molar-refractivity contribution is 5.72. The first-order chi connectivity index (χ1) is 14.6. The molecule has 1 aromatic heterocycles. The van der Waals surface area contributed by atoms with Gasteiger partial charge in [-0.15, -0.1) is 6.42 Å². The number of allylic oxidation sites excluding steroid dienone is 1. The number of aromatic nitrogens is 2. The second kappa shape index (κ2) is 8.11. The van der Waals surface area contributed by atoms with Crippen LogP contribution in [0.3, 0.4) is 0 Å². The number of nitrogens with one attached hydrogen (secondary N) is 1. The summed E-state index contributed by atoms with van der Waals surface area (Å²) in [6.45, 7) is 4.99. The standard InChI is InChI=1S/C25H21N5/c1-4-5-6-19-9-12-23(17(2)15-19)30-14-13-22-18(3)27-25(29-24(22)30)28-21-10-7-20(16-26)8-11-21/h1,5-12,15H,13-14H2,2-3H3,(H,27,28,29)/b6-5+. The third kappa shape index (κ3) is 3.74. The Bertz CT molecular complexity index is 1210. The number of hydrogen-bond acceptors (Lipinski definition) is 5. The average molecular weight is 391 g/mol. The summed E-state index contributed by atoms with van der Waals surface area (Å²) < 4.78 is 0. The summed E-state index contributed by atoms with van der Waals surface area (Å²) >= 11 is 0. The molecule has 3 aromatic rings. The zero-order valence-electron chi connectivity index (χ0n) is 17.0. The summed E-state index contributed by atoms with van der Waals surface area (Å²) in [5.74, 6) is 4.02. The Balaban J connectivity index is 1.66. The second-order valence-electron chi connectivity index (χ2n) is 7.20. The van der Waals surface area contributed by atoms with Gasteiger partial charge in [0.05, 0.1) is 11.6 Å². The van der Waals surface area contributed by atoms with Crippen molar-refractivity contribution in [2.45, 2.75) is 20.3 Å². The molecule has 2 aromatic carbocycles. The van der Waals surface area contributed by atoms with E-state index in [2.05, 4.69) is 52.3 Å². The molecule has 0 spiro atoms. The molecular weight excluding hydrogens is 370 g/mol. The van der Waals surface area contributed by atoms with Gasteiger partial charge in [0.2, 0.25) is 5.95 Å². The molecule has 146 valence electrons. The predicted molar refractivity (Wildman–Crippen MR) is 121 cm³/mol. The van der Waals surface area contributed by atoms with Crippen LogP contribution in [0.4, 0.5) is 23.1 Å². The number of hydrogen-bond donors (Lipinski definition) is 1. The van der Waals surface area contributed by atoms with Gasteiger partial charge in [0.15, 0.2) is 0 Å². The lowest BCUT2D eigenvalue weighted by molar-refractivity contribution is 0.981. The Morgan fingerprint density at radius 3 is 2.63 bits per heavy atom. The first kappa shape index (κ1) is 19.2. The van der Waals surface area contributed by atoms with E-state index in [9.17, 15) is 0 Å². The van der Waals surface area contributed by atoms with Crippen molar-refractivity contribution in [3.8, 4) is 18.4 Å². The summed E-state index contributed by atoms with van der Waals surface area (Å²) in [5, 5.41) is 12.2. The molecule has 2 heterocycles. The van der Waals surface area contributed by atoms with Crippen LogP contribution in [-0.4, -0.2) is 16.5 Å². The second-order valence-corrected chi connectivity index (χ2v) is 7.20. The molecule has 0 saturated heterocycles. The monoisotopic (exact) mass is 391 g/mol. The van der Waals surface area contributed by atoms with Gasteiger partial charge in [-0.3, -0.25) is 0 Å². The highest BCUT2D eigenvalue weighted by atomic mass is 15.3. The van der Waals surface area contributed by atoms with Gasteiger partial charge in [-0.05, 0) is 79.9 Å². The lowest BCUT2D eigenvalue weighted by atomic mass is 10.1. The van der Waals surface area contributed by atoms with E-state index in [4.69, 9.17) is 16.7 Å². The summed E-state index contributed by atoms with van der Waals surface area (Å²) in [6.07, 6.45) is 9.87. The molecule has 0 radical (unpaired) electrons. The van der Waals surface area contributed by atoms with Crippen LogP contribution in [-0.2, 0) is 6.42 Å². The van der Waals surface area contributed by atoms with Crippen molar-refractivity contribution in [2.75, 3.05) is 16.8 Å². The normalized spacial score (nSPS) is 12.5. The van der Waals surface area contributed by atoms with Crippen LogP contribution in [0.15, 0.2) is 48.5 Å². The van der Waals surface area contributed by atoms with E-state index < -0.39 is 0 Å². The number of nitriles is 1. The minimum absolute atomic E-state index is 0.550. The van der Waals surface area contributed by atoms with Crippen molar-refractivity contribution >= 4 is 29.2 Å². The molecule has 0 bridgehead atoms. The van der Waals surface area contributed by atoms with Crippen molar-refractivity contribution in [3.63, 3.8) is 0 Å². The zero-order valence-corrected chi connectivity index (χ0v) is 17.0. The minimum atomic E-state index is 0.550. The molecule has 5 nitrogen and oxygen atoms in total. The molecule has 4 rings (SSSR count). The SMILES string of the molecule is C#C/C=C/c1ccc(N2CCc3c(C)nc(Nc4ccc(C#N)cc4)nc32)c(C)c1. The molecule has 0 fully saturated rings. The Hall–Kier alpha value is -4.09. The summed E-state index contributed by atoms with van der Waals surface area (Å²) in [7, 11) is 0. The van der Waals surface area contributed by atoms with Gasteiger partial charge < -0.3 is 10.2 Å². The van der Waals surface area contributed by atoms with Gasteiger partial charge in [-0.2, -0.15) is 10.2 Å². The highest BCUT2D eigenvalue weighted by Crippen LogP contribution is 2.37. The fourth-order valence-corrected chi connectivity index (χ4v) is 3.70. The smallest absolute Gasteiger partial charge is 0.229 e. The largest absolute Gasteiger partial charge is 0.325 e. The van der Waals surface area contributed by atoms with E-state index >= 15 is 0 Å². The fraction of sp³-hybridized carbons (Fsp3) is 0.160. The van der Waals surface area contributed by atoms with Crippen LogP contribution < -0.4 is 10.2 Å². The van der Waals surface area contributed by atoms with Crippen molar-refractivity contribution in [3.05, 3.63) is 76.5 Å². The van der Waals surface area contributed by atoms with Gasteiger partial charge in [-0.1, -0.05) is 12.0 Å². The van der Waals surface area contributed by atoms with Crippen molar-refractivity contribution < 1.29 is 0 Å². The van der Waals surface area contributed by atoms with Crippen LogP contribution in [0.2, 0.25) is 0 Å². The molecule has 0 unspecified atom stereocenters. The van der Waals surface area contributed by atoms with Crippen molar-refractivity contribution in [1.29, 1.82) is 5.26 Å². The van der Waals surface area contributed by atoms with Gasteiger partial charge in [0, 0.05) is 29.2 Å². The number of benzene rings is 2. The van der Waals surface area contributed by atoms with Crippen LogP contribution in [0.1, 0.15) is 27.9 Å². The number of terminal acetylenes is 1. The van der Waals surface area contributed by atoms with Gasteiger partial charge >= 0.3 is 0 Å². The molecule has 0 saturated carbocycles. The van der Waals surface area contributed by atoms with E-state index in [0.29, 0.717) is 11.5 Å². The van der Waals surface area contributed by atoms with E-state index in [1.165, 1.54) is 11.1 Å². The molecule has 1 N–H and O–H groups in total. The lowest BCUT2D eigenvalue weighted by Gasteiger charge is -2.22. The zero-order chi connectivity index (χ0) is 21.1. The molecule has 5 heteroatoms. The summed E-state index contributed by atoms with van der Waals surface area (Å²) in [6, 6.07) is 15.7. The van der Waals surface area contributed by atoms with Crippen LogP contribution >= 0.6 is 0 Å². The Labute approximate surface area is 176 Å². The van der Waals surface area contributed by atoms with E-state index in [1.54, 1.807) is 18.2 Å². The van der Waals surface area contributed by atoms with Gasteiger partial charge in [0.25, 0.3) is 0 Å². The van der Waals surface area contributed by atoms with E-state index in [-0.39, 0.29) is 0 Å². The molecular formula is C25H21N5. The van der Waals surface area contributed by atoms with Crippen LogP contribution in [0.5, 0.6) is 0 Å². The number of fused-ring (bicyclic) bond motifs is 1. The minimum Gasteiger partial charge on any atom is -0.325 e. The third-order valence-corrected chi connectivity index (χ3v) is 5.19. The molecule has 1 aliphatic rings. The third-order valence-electron chi connectivity index (χ3n) is 5.19. The fourth-order valence-electron chi connectivity index (χ4n) is 3.70.